The van der Waals surface area contributed by atoms with Crippen LogP contribution in [0.2, 0.25) is 0 Å². The summed E-state index contributed by atoms with van der Waals surface area (Å²) >= 11 is 0. The zero-order valence-electron chi connectivity index (χ0n) is 18.5. The first-order chi connectivity index (χ1) is 14.8. The lowest BCUT2D eigenvalue weighted by Crippen LogP contribution is -2.69. The van der Waals surface area contributed by atoms with E-state index in [0.717, 1.165) is 20.8 Å². The molecule has 2 aliphatic heterocycles. The van der Waals surface area contributed by atoms with E-state index in [1.54, 1.807) is 6.92 Å². The van der Waals surface area contributed by atoms with E-state index in [1.165, 1.54) is 6.92 Å². The molecule has 0 radical (unpaired) electrons. The molecule has 0 aromatic heterocycles. The molecule has 0 bridgehead atoms. The fourth-order valence-corrected chi connectivity index (χ4v) is 4.46. The van der Waals surface area contributed by atoms with Gasteiger partial charge in [0.1, 0.15) is 0 Å². The van der Waals surface area contributed by atoms with Gasteiger partial charge in [0.2, 0.25) is 11.4 Å². The van der Waals surface area contributed by atoms with Crippen molar-refractivity contribution in [2.75, 3.05) is 6.61 Å². The van der Waals surface area contributed by atoms with Crippen LogP contribution in [-0.4, -0.2) is 77.0 Å². The highest BCUT2D eigenvalue weighted by Gasteiger charge is 2.64. The van der Waals surface area contributed by atoms with Crippen molar-refractivity contribution in [1.82, 2.24) is 0 Å². The molecule has 11 heteroatoms. The third-order valence-electron chi connectivity index (χ3n) is 5.73. The Hall–Kier alpha value is -2.63. The number of aliphatic hydroxyl groups is 1. The highest BCUT2D eigenvalue weighted by molar-refractivity contribution is 6.21. The first kappa shape index (κ1) is 24.0. The number of hydrogen-bond acceptors (Lipinski definition) is 11. The summed E-state index contributed by atoms with van der Waals surface area (Å²) in [6.45, 7) is 5.74. The van der Waals surface area contributed by atoms with Crippen molar-refractivity contribution in [3.8, 4) is 0 Å². The minimum absolute atomic E-state index is 0.0110. The topological polar surface area (TPSA) is 152 Å². The third-order valence-corrected chi connectivity index (χ3v) is 5.73. The number of esters is 3. The van der Waals surface area contributed by atoms with Gasteiger partial charge in [-0.1, -0.05) is 0 Å². The summed E-state index contributed by atoms with van der Waals surface area (Å²) in [6, 6.07) is 0. The molecule has 6 atom stereocenters. The van der Waals surface area contributed by atoms with E-state index in [1.807, 2.05) is 0 Å². The van der Waals surface area contributed by atoms with Crippen molar-refractivity contribution in [3.63, 3.8) is 0 Å². The molecule has 0 saturated carbocycles. The Labute approximate surface area is 184 Å². The smallest absolute Gasteiger partial charge is 0.304 e. The molecule has 0 unspecified atom stereocenters. The van der Waals surface area contributed by atoms with Crippen LogP contribution < -0.4 is 0 Å². The van der Waals surface area contributed by atoms with Gasteiger partial charge in [0, 0.05) is 39.2 Å². The van der Waals surface area contributed by atoms with Gasteiger partial charge in [-0.3, -0.25) is 24.0 Å². The number of aliphatic hydroxyl groups excluding tert-OH is 1. The van der Waals surface area contributed by atoms with Gasteiger partial charge in [-0.25, -0.2) is 0 Å². The standard InChI is InChI=1S/C21H26O11/c1-9-6-15(25)19(30-11(3)23)21(31-9)18(29-10(2)22)13-7-16(26)20(5,32-12(4)24)17(27)14(13)8-28-21/h9,15,18-19,25H,6-8H2,1-5H3/t9-,15-,18+,19-,20+,21+/m0/s1. The van der Waals surface area contributed by atoms with E-state index < -0.39 is 78.3 Å². The molecule has 0 aromatic rings. The molecule has 11 nitrogen and oxygen atoms in total. The summed E-state index contributed by atoms with van der Waals surface area (Å²) in [4.78, 5) is 61.3. The maximum Gasteiger partial charge on any atom is 0.304 e. The summed E-state index contributed by atoms with van der Waals surface area (Å²) in [5.74, 6) is -5.85. The average Bonchev–Trinajstić information content (AvgIpc) is 2.65. The minimum atomic E-state index is -2.05. The Balaban J connectivity index is 2.15. The first-order valence-electron chi connectivity index (χ1n) is 10.2. The Bertz CT molecular complexity index is 905. The van der Waals surface area contributed by atoms with Crippen molar-refractivity contribution >= 4 is 29.5 Å². The van der Waals surface area contributed by atoms with Crippen LogP contribution in [0.1, 0.15) is 47.5 Å². The van der Waals surface area contributed by atoms with Gasteiger partial charge in [0.15, 0.2) is 18.0 Å². The molecule has 3 rings (SSSR count). The van der Waals surface area contributed by atoms with E-state index in [9.17, 15) is 29.1 Å². The molecule has 2 heterocycles. The van der Waals surface area contributed by atoms with Crippen LogP contribution in [0.15, 0.2) is 11.1 Å². The van der Waals surface area contributed by atoms with Crippen molar-refractivity contribution in [3.05, 3.63) is 11.1 Å². The van der Waals surface area contributed by atoms with E-state index >= 15 is 0 Å². The highest BCUT2D eigenvalue weighted by Crippen LogP contribution is 2.46. The molecule has 176 valence electrons. The Morgan fingerprint density at radius 2 is 1.69 bits per heavy atom. The average molecular weight is 454 g/mol. The molecular weight excluding hydrogens is 428 g/mol. The van der Waals surface area contributed by atoms with Gasteiger partial charge in [-0.05, 0) is 19.4 Å². The van der Waals surface area contributed by atoms with Crippen LogP contribution in [-0.2, 0) is 47.7 Å². The largest absolute Gasteiger partial charge is 0.454 e. The fourth-order valence-electron chi connectivity index (χ4n) is 4.46. The van der Waals surface area contributed by atoms with Crippen LogP contribution in [0, 0.1) is 0 Å². The second kappa shape index (κ2) is 8.38. The minimum Gasteiger partial charge on any atom is -0.454 e. The number of hydrogen-bond donors (Lipinski definition) is 1. The molecule has 1 fully saturated rings. The monoisotopic (exact) mass is 454 g/mol. The third kappa shape index (κ3) is 3.96. The Morgan fingerprint density at radius 1 is 1.06 bits per heavy atom. The zero-order valence-corrected chi connectivity index (χ0v) is 18.5. The van der Waals surface area contributed by atoms with Crippen LogP contribution in [0.25, 0.3) is 0 Å². The Kier molecular flexibility index (Phi) is 6.29. The zero-order chi connectivity index (χ0) is 24.0. The van der Waals surface area contributed by atoms with Crippen LogP contribution >= 0.6 is 0 Å². The fraction of sp³-hybridized carbons (Fsp3) is 0.667. The van der Waals surface area contributed by atoms with Gasteiger partial charge in [-0.2, -0.15) is 0 Å². The number of ketones is 2. The number of Topliss-reactive ketones (excluding diaryl/α,β-unsaturated/α-hetero) is 2. The molecule has 32 heavy (non-hydrogen) atoms. The maximum absolute atomic E-state index is 13.2. The lowest BCUT2D eigenvalue weighted by molar-refractivity contribution is -0.366. The van der Waals surface area contributed by atoms with Crippen molar-refractivity contribution in [2.24, 2.45) is 0 Å². The predicted molar refractivity (Wildman–Crippen MR) is 103 cm³/mol. The van der Waals surface area contributed by atoms with Gasteiger partial charge in [-0.15, -0.1) is 0 Å². The Morgan fingerprint density at radius 3 is 2.25 bits per heavy atom. The summed E-state index contributed by atoms with van der Waals surface area (Å²) in [7, 11) is 0. The first-order valence-corrected chi connectivity index (χ1v) is 10.2. The number of rotatable bonds is 3. The summed E-state index contributed by atoms with van der Waals surface area (Å²) in [5.41, 5.74) is -1.97. The molecule has 3 aliphatic rings. The molecule has 0 aromatic carbocycles. The summed E-state index contributed by atoms with van der Waals surface area (Å²) in [5, 5.41) is 10.7. The predicted octanol–water partition coefficient (Wildman–Crippen LogP) is -0.0937. The second-order valence-electron chi connectivity index (χ2n) is 8.32. The van der Waals surface area contributed by atoms with E-state index in [-0.39, 0.29) is 17.6 Å². The van der Waals surface area contributed by atoms with Gasteiger partial charge in [0.05, 0.1) is 18.8 Å². The van der Waals surface area contributed by atoms with Crippen molar-refractivity contribution in [1.29, 1.82) is 0 Å². The number of carbonyl (C=O) groups is 5. The van der Waals surface area contributed by atoms with Crippen LogP contribution in [0.5, 0.6) is 0 Å². The lowest BCUT2D eigenvalue weighted by Gasteiger charge is -2.53. The van der Waals surface area contributed by atoms with Crippen LogP contribution in [0.4, 0.5) is 0 Å². The molecule has 1 spiro atoms. The lowest BCUT2D eigenvalue weighted by atomic mass is 9.73. The molecular formula is C21H26O11. The molecule has 0 amide bonds. The molecule has 1 saturated heterocycles. The number of carbonyl (C=O) groups excluding carboxylic acids is 5. The summed E-state index contributed by atoms with van der Waals surface area (Å²) in [6.07, 6.45) is -5.01. The van der Waals surface area contributed by atoms with Crippen molar-refractivity contribution < 1.29 is 52.8 Å². The van der Waals surface area contributed by atoms with Gasteiger partial charge < -0.3 is 28.8 Å². The van der Waals surface area contributed by atoms with Gasteiger partial charge >= 0.3 is 17.9 Å². The normalized spacial score (nSPS) is 37.1. The van der Waals surface area contributed by atoms with Gasteiger partial charge in [0.25, 0.3) is 5.79 Å². The second-order valence-corrected chi connectivity index (χ2v) is 8.32. The molecule has 1 aliphatic carbocycles. The van der Waals surface area contributed by atoms with E-state index in [0.29, 0.717) is 0 Å². The SMILES string of the molecule is CC(=O)O[C@@H]1C2=C(CO[C@@]13O[C@@H](C)C[C@H](O)[C@@H]3OC(C)=O)C(=O)[C@](C)(OC(C)=O)C(=O)C2. The van der Waals surface area contributed by atoms with E-state index in [4.69, 9.17) is 23.7 Å². The highest BCUT2D eigenvalue weighted by atomic mass is 16.8. The quantitative estimate of drug-likeness (QED) is 0.346. The van der Waals surface area contributed by atoms with E-state index in [2.05, 4.69) is 0 Å². The maximum atomic E-state index is 13.2. The number of ether oxygens (including phenoxy) is 5. The van der Waals surface area contributed by atoms with Crippen molar-refractivity contribution in [2.45, 2.75) is 83.3 Å². The summed E-state index contributed by atoms with van der Waals surface area (Å²) < 4.78 is 27.6. The molecule has 1 N–H and O–H groups in total. The van der Waals surface area contributed by atoms with Crippen LogP contribution in [0.3, 0.4) is 0 Å².